The number of rotatable bonds is 8. The van der Waals surface area contributed by atoms with E-state index >= 15 is 0 Å². The lowest BCUT2D eigenvalue weighted by Gasteiger charge is -2.05. The maximum Gasteiger partial charge on any atom is 0.120 e. The van der Waals surface area contributed by atoms with Gasteiger partial charge in [0.25, 0.3) is 0 Å². The van der Waals surface area contributed by atoms with Crippen molar-refractivity contribution in [1.29, 1.82) is 0 Å². The van der Waals surface area contributed by atoms with E-state index in [-0.39, 0.29) is 0 Å². The van der Waals surface area contributed by atoms with E-state index in [9.17, 15) is 4.79 Å². The quantitative estimate of drug-likeness (QED) is 0.430. The molecule has 1 atom stereocenters. The fourth-order valence-electron chi connectivity index (χ4n) is 1.59. The molecule has 1 heteroatoms. The van der Waals surface area contributed by atoms with E-state index in [0.717, 1.165) is 32.0 Å². The monoisotopic (exact) mass is 222 g/mol. The number of carbonyl (C=O) groups is 1. The number of hydrogen-bond acceptors (Lipinski definition) is 1. The average molecular weight is 222 g/mol. The highest BCUT2D eigenvalue weighted by Gasteiger charge is 1.99. The van der Waals surface area contributed by atoms with Crippen LogP contribution in [0.3, 0.4) is 0 Å². The largest absolute Gasteiger partial charge is 0.303 e. The maximum atomic E-state index is 10.3. The summed E-state index contributed by atoms with van der Waals surface area (Å²) in [6.45, 7) is 8.62. The minimum absolute atomic E-state index is 0.527. The van der Waals surface area contributed by atoms with E-state index in [4.69, 9.17) is 0 Å². The second-order valence-electron chi connectivity index (χ2n) is 4.96. The molecule has 0 bridgehead atoms. The summed E-state index contributed by atoms with van der Waals surface area (Å²) in [6.07, 6.45) is 10.9. The Morgan fingerprint density at radius 2 is 1.81 bits per heavy atom. The molecule has 0 fully saturated rings. The second kappa shape index (κ2) is 9.38. The van der Waals surface area contributed by atoms with Gasteiger partial charge in [0.05, 0.1) is 0 Å². The first kappa shape index (κ1) is 15.2. The van der Waals surface area contributed by atoms with Gasteiger partial charge in [0, 0.05) is 6.42 Å². The molecule has 0 aromatic heterocycles. The van der Waals surface area contributed by atoms with E-state index in [1.165, 1.54) is 11.1 Å². The topological polar surface area (TPSA) is 17.1 Å². The third-order valence-corrected chi connectivity index (χ3v) is 2.74. The van der Waals surface area contributed by atoms with Gasteiger partial charge < -0.3 is 4.79 Å². The van der Waals surface area contributed by atoms with Crippen molar-refractivity contribution in [3.8, 4) is 0 Å². The molecule has 0 radical (unpaired) electrons. The van der Waals surface area contributed by atoms with Crippen molar-refractivity contribution in [2.75, 3.05) is 0 Å². The Balaban J connectivity index is 3.70. The molecule has 0 aromatic rings. The van der Waals surface area contributed by atoms with Crippen LogP contribution in [0.5, 0.6) is 0 Å². The molecule has 92 valence electrons. The summed E-state index contributed by atoms with van der Waals surface area (Å²) in [5, 5.41) is 0. The smallest absolute Gasteiger partial charge is 0.120 e. The number of aldehydes is 1. The zero-order valence-electron chi connectivity index (χ0n) is 11.3. The summed E-state index contributed by atoms with van der Waals surface area (Å²) < 4.78 is 0. The molecule has 0 saturated carbocycles. The van der Waals surface area contributed by atoms with Crippen LogP contribution in [0.25, 0.3) is 0 Å². The van der Waals surface area contributed by atoms with Crippen molar-refractivity contribution in [3.05, 3.63) is 23.3 Å². The van der Waals surface area contributed by atoms with Gasteiger partial charge in [0.15, 0.2) is 0 Å². The molecular formula is C15H26O. The SMILES string of the molecule is CC(C)=CCC/C(C)=C\CCC(C)CC=O. The molecule has 0 aliphatic heterocycles. The Kier molecular flexibility index (Phi) is 8.88. The van der Waals surface area contributed by atoms with Gasteiger partial charge in [-0.25, -0.2) is 0 Å². The molecule has 0 aliphatic carbocycles. The summed E-state index contributed by atoms with van der Waals surface area (Å²) in [5.74, 6) is 0.527. The van der Waals surface area contributed by atoms with Crippen LogP contribution in [0, 0.1) is 5.92 Å². The van der Waals surface area contributed by atoms with E-state index in [2.05, 4.69) is 39.8 Å². The van der Waals surface area contributed by atoms with Crippen molar-refractivity contribution in [2.24, 2.45) is 5.92 Å². The summed E-state index contributed by atoms with van der Waals surface area (Å²) in [4.78, 5) is 10.3. The molecule has 16 heavy (non-hydrogen) atoms. The third-order valence-electron chi connectivity index (χ3n) is 2.74. The van der Waals surface area contributed by atoms with E-state index in [1.54, 1.807) is 0 Å². The van der Waals surface area contributed by atoms with Crippen LogP contribution in [-0.4, -0.2) is 6.29 Å². The van der Waals surface area contributed by atoms with Gasteiger partial charge in [-0.15, -0.1) is 0 Å². The zero-order valence-corrected chi connectivity index (χ0v) is 11.3. The second-order valence-corrected chi connectivity index (χ2v) is 4.96. The van der Waals surface area contributed by atoms with Gasteiger partial charge in [-0.1, -0.05) is 30.2 Å². The standard InChI is InChI=1S/C15H26O/c1-13(2)7-5-8-14(3)9-6-10-15(4)11-12-16/h7,9,12,15H,5-6,8,10-11H2,1-4H3/b14-9-. The van der Waals surface area contributed by atoms with Crippen LogP contribution in [0.4, 0.5) is 0 Å². The van der Waals surface area contributed by atoms with Gasteiger partial charge in [-0.3, -0.25) is 0 Å². The molecule has 1 unspecified atom stereocenters. The predicted molar refractivity (Wildman–Crippen MR) is 71.5 cm³/mol. The Morgan fingerprint density at radius 1 is 1.12 bits per heavy atom. The van der Waals surface area contributed by atoms with Crippen molar-refractivity contribution in [3.63, 3.8) is 0 Å². The number of carbonyl (C=O) groups excluding carboxylic acids is 1. The summed E-state index contributed by atoms with van der Waals surface area (Å²) in [6, 6.07) is 0. The maximum absolute atomic E-state index is 10.3. The lowest BCUT2D eigenvalue weighted by atomic mass is 10.0. The van der Waals surface area contributed by atoms with E-state index < -0.39 is 0 Å². The molecule has 0 N–H and O–H groups in total. The Hall–Kier alpha value is -0.850. The molecule has 0 spiro atoms. The minimum atomic E-state index is 0.527. The lowest BCUT2D eigenvalue weighted by molar-refractivity contribution is -0.108. The van der Waals surface area contributed by atoms with Crippen molar-refractivity contribution < 1.29 is 4.79 Å². The van der Waals surface area contributed by atoms with Crippen LogP contribution < -0.4 is 0 Å². The summed E-state index contributed by atoms with van der Waals surface area (Å²) in [5.41, 5.74) is 2.86. The predicted octanol–water partition coefficient (Wildman–Crippen LogP) is 4.68. The summed E-state index contributed by atoms with van der Waals surface area (Å²) >= 11 is 0. The normalized spacial score (nSPS) is 13.4. The van der Waals surface area contributed by atoms with Crippen molar-refractivity contribution >= 4 is 6.29 Å². The fraction of sp³-hybridized carbons (Fsp3) is 0.667. The highest BCUT2D eigenvalue weighted by Crippen LogP contribution is 2.12. The summed E-state index contributed by atoms with van der Waals surface area (Å²) in [7, 11) is 0. The van der Waals surface area contributed by atoms with Crippen LogP contribution >= 0.6 is 0 Å². The van der Waals surface area contributed by atoms with E-state index in [1.807, 2.05) is 0 Å². The van der Waals surface area contributed by atoms with Crippen LogP contribution in [0.15, 0.2) is 23.3 Å². The molecule has 1 nitrogen and oxygen atoms in total. The number of allylic oxidation sites excluding steroid dienone is 4. The molecule has 0 aliphatic rings. The fourth-order valence-corrected chi connectivity index (χ4v) is 1.59. The van der Waals surface area contributed by atoms with Gasteiger partial charge in [0.2, 0.25) is 0 Å². The average Bonchev–Trinajstić information content (AvgIpc) is 2.17. The molecule has 0 saturated heterocycles. The molecule has 0 amide bonds. The zero-order chi connectivity index (χ0) is 12.4. The van der Waals surface area contributed by atoms with Crippen LogP contribution in [0.1, 0.15) is 59.8 Å². The number of hydrogen-bond donors (Lipinski definition) is 0. The first-order valence-electron chi connectivity index (χ1n) is 6.29. The first-order valence-corrected chi connectivity index (χ1v) is 6.29. The highest BCUT2D eigenvalue weighted by atomic mass is 16.1. The first-order chi connectivity index (χ1) is 7.56. The van der Waals surface area contributed by atoms with Crippen LogP contribution in [0.2, 0.25) is 0 Å². The third kappa shape index (κ3) is 9.70. The van der Waals surface area contributed by atoms with Crippen LogP contribution in [-0.2, 0) is 4.79 Å². The van der Waals surface area contributed by atoms with Crippen molar-refractivity contribution in [2.45, 2.75) is 59.8 Å². The highest BCUT2D eigenvalue weighted by molar-refractivity contribution is 5.49. The Bertz CT molecular complexity index is 244. The lowest BCUT2D eigenvalue weighted by Crippen LogP contribution is -1.94. The molecule has 0 aromatic carbocycles. The molecule has 0 heterocycles. The van der Waals surface area contributed by atoms with Gasteiger partial charge >= 0.3 is 0 Å². The van der Waals surface area contributed by atoms with Gasteiger partial charge in [-0.2, -0.15) is 0 Å². The Morgan fingerprint density at radius 3 is 2.38 bits per heavy atom. The van der Waals surface area contributed by atoms with Crippen molar-refractivity contribution in [1.82, 2.24) is 0 Å². The molecular weight excluding hydrogens is 196 g/mol. The molecule has 0 rings (SSSR count). The van der Waals surface area contributed by atoms with E-state index in [0.29, 0.717) is 12.3 Å². The Labute approximate surface area is 101 Å². The van der Waals surface area contributed by atoms with Gasteiger partial charge in [-0.05, 0) is 52.4 Å². The minimum Gasteiger partial charge on any atom is -0.303 e. The van der Waals surface area contributed by atoms with Gasteiger partial charge in [0.1, 0.15) is 6.29 Å².